The SMILES string of the molecule is CCC1CCCN1S(=O)(=O)c1ccc(F)c(CO)c1. The number of aliphatic hydroxyl groups excluding tert-OH is 1. The van der Waals surface area contributed by atoms with Gasteiger partial charge in [0.2, 0.25) is 10.0 Å². The molecule has 0 bridgehead atoms. The molecule has 1 heterocycles. The largest absolute Gasteiger partial charge is 0.392 e. The van der Waals surface area contributed by atoms with Gasteiger partial charge in [0.1, 0.15) is 5.82 Å². The van der Waals surface area contributed by atoms with E-state index in [4.69, 9.17) is 5.11 Å². The Kier molecular flexibility index (Phi) is 4.23. The van der Waals surface area contributed by atoms with Crippen molar-refractivity contribution in [1.82, 2.24) is 4.31 Å². The predicted molar refractivity (Wildman–Crippen MR) is 69.5 cm³/mol. The van der Waals surface area contributed by atoms with Crippen molar-refractivity contribution in [2.24, 2.45) is 0 Å². The van der Waals surface area contributed by atoms with Crippen molar-refractivity contribution in [2.45, 2.75) is 43.7 Å². The molecule has 1 fully saturated rings. The first-order valence-electron chi connectivity index (χ1n) is 6.41. The van der Waals surface area contributed by atoms with Crippen LogP contribution in [-0.2, 0) is 16.6 Å². The number of nitrogens with zero attached hydrogens (tertiary/aromatic N) is 1. The van der Waals surface area contributed by atoms with Crippen LogP contribution < -0.4 is 0 Å². The summed E-state index contributed by atoms with van der Waals surface area (Å²) >= 11 is 0. The van der Waals surface area contributed by atoms with E-state index >= 15 is 0 Å². The molecule has 1 aliphatic heterocycles. The van der Waals surface area contributed by atoms with Gasteiger partial charge >= 0.3 is 0 Å². The van der Waals surface area contributed by atoms with Crippen LogP contribution in [0.25, 0.3) is 0 Å². The Morgan fingerprint density at radius 1 is 1.47 bits per heavy atom. The fraction of sp³-hybridized carbons (Fsp3) is 0.538. The maximum absolute atomic E-state index is 13.3. The number of sulfonamides is 1. The zero-order valence-corrected chi connectivity index (χ0v) is 11.7. The van der Waals surface area contributed by atoms with Crippen LogP contribution in [0.15, 0.2) is 23.1 Å². The number of rotatable bonds is 4. The summed E-state index contributed by atoms with van der Waals surface area (Å²) in [5.74, 6) is -0.588. The lowest BCUT2D eigenvalue weighted by molar-refractivity contribution is 0.275. The Labute approximate surface area is 112 Å². The third-order valence-corrected chi connectivity index (χ3v) is 5.54. The molecule has 0 saturated carbocycles. The van der Waals surface area contributed by atoms with Gasteiger partial charge in [0, 0.05) is 18.2 Å². The molecule has 0 radical (unpaired) electrons. The van der Waals surface area contributed by atoms with Crippen LogP contribution in [-0.4, -0.2) is 30.4 Å². The summed E-state index contributed by atoms with van der Waals surface area (Å²) in [4.78, 5) is 0.0540. The molecule has 4 nitrogen and oxygen atoms in total. The lowest BCUT2D eigenvalue weighted by Crippen LogP contribution is -2.35. The van der Waals surface area contributed by atoms with Gasteiger partial charge in [-0.3, -0.25) is 0 Å². The van der Waals surface area contributed by atoms with Crippen molar-refractivity contribution in [1.29, 1.82) is 0 Å². The van der Waals surface area contributed by atoms with Crippen LogP contribution in [0.5, 0.6) is 0 Å². The molecule has 1 unspecified atom stereocenters. The minimum Gasteiger partial charge on any atom is -0.392 e. The first-order valence-corrected chi connectivity index (χ1v) is 7.85. The lowest BCUT2D eigenvalue weighted by Gasteiger charge is -2.23. The Hall–Kier alpha value is -0.980. The van der Waals surface area contributed by atoms with Gasteiger partial charge in [-0.05, 0) is 37.5 Å². The summed E-state index contributed by atoms with van der Waals surface area (Å²) in [7, 11) is -3.59. The monoisotopic (exact) mass is 287 g/mol. The van der Waals surface area contributed by atoms with Gasteiger partial charge in [-0.2, -0.15) is 4.31 Å². The highest BCUT2D eigenvalue weighted by atomic mass is 32.2. The molecule has 1 N–H and O–H groups in total. The first-order chi connectivity index (χ1) is 9.00. The summed E-state index contributed by atoms with van der Waals surface area (Å²) in [6, 6.07) is 3.59. The van der Waals surface area contributed by atoms with E-state index in [-0.39, 0.29) is 16.5 Å². The van der Waals surface area contributed by atoms with E-state index < -0.39 is 22.4 Å². The lowest BCUT2D eigenvalue weighted by atomic mass is 10.2. The molecule has 19 heavy (non-hydrogen) atoms. The number of hydrogen-bond acceptors (Lipinski definition) is 3. The molecule has 1 saturated heterocycles. The molecule has 1 aliphatic rings. The molecule has 6 heteroatoms. The zero-order valence-electron chi connectivity index (χ0n) is 10.8. The molecule has 106 valence electrons. The van der Waals surface area contributed by atoms with Crippen molar-refractivity contribution in [2.75, 3.05) is 6.54 Å². The average molecular weight is 287 g/mol. The molecule has 0 spiro atoms. The first kappa shape index (κ1) is 14.4. The van der Waals surface area contributed by atoms with E-state index in [9.17, 15) is 12.8 Å². The Balaban J connectivity index is 2.39. The summed E-state index contributed by atoms with van der Waals surface area (Å²) in [5, 5.41) is 9.02. The molecule has 0 aliphatic carbocycles. The molecule has 1 atom stereocenters. The van der Waals surface area contributed by atoms with E-state index in [0.29, 0.717) is 6.54 Å². The van der Waals surface area contributed by atoms with Crippen molar-refractivity contribution < 1.29 is 17.9 Å². The number of benzene rings is 1. The van der Waals surface area contributed by atoms with Crippen molar-refractivity contribution in [3.05, 3.63) is 29.6 Å². The smallest absolute Gasteiger partial charge is 0.243 e. The fourth-order valence-electron chi connectivity index (χ4n) is 2.50. The van der Waals surface area contributed by atoms with Gasteiger partial charge < -0.3 is 5.11 Å². The molecule has 1 aromatic rings. The van der Waals surface area contributed by atoms with Gasteiger partial charge in [0.25, 0.3) is 0 Å². The maximum Gasteiger partial charge on any atom is 0.243 e. The highest BCUT2D eigenvalue weighted by Gasteiger charge is 2.34. The zero-order chi connectivity index (χ0) is 14.0. The Morgan fingerprint density at radius 2 is 2.21 bits per heavy atom. The number of aliphatic hydroxyl groups is 1. The summed E-state index contributed by atoms with van der Waals surface area (Å²) in [5.41, 5.74) is 0.00770. The maximum atomic E-state index is 13.3. The van der Waals surface area contributed by atoms with Crippen LogP contribution in [0.3, 0.4) is 0 Å². The molecule has 0 amide bonds. The van der Waals surface area contributed by atoms with E-state index in [0.717, 1.165) is 25.3 Å². The van der Waals surface area contributed by atoms with Gasteiger partial charge in [-0.1, -0.05) is 6.92 Å². The highest BCUT2D eigenvalue weighted by Crippen LogP contribution is 2.28. The van der Waals surface area contributed by atoms with E-state index in [1.54, 1.807) is 0 Å². The van der Waals surface area contributed by atoms with E-state index in [2.05, 4.69) is 0 Å². The fourth-order valence-corrected chi connectivity index (χ4v) is 4.32. The molecule has 0 aromatic heterocycles. The highest BCUT2D eigenvalue weighted by molar-refractivity contribution is 7.89. The Bertz CT molecular complexity index is 559. The normalized spacial score (nSPS) is 20.9. The van der Waals surface area contributed by atoms with Crippen molar-refractivity contribution in [3.63, 3.8) is 0 Å². The van der Waals surface area contributed by atoms with Crippen molar-refractivity contribution in [3.8, 4) is 0 Å². The van der Waals surface area contributed by atoms with Gasteiger partial charge in [0.05, 0.1) is 11.5 Å². The van der Waals surface area contributed by atoms with Gasteiger partial charge in [0.15, 0.2) is 0 Å². The second-order valence-corrected chi connectivity index (χ2v) is 6.62. The van der Waals surface area contributed by atoms with Crippen LogP contribution in [0.2, 0.25) is 0 Å². The predicted octanol–water partition coefficient (Wildman–Crippen LogP) is 1.88. The van der Waals surface area contributed by atoms with Crippen LogP contribution >= 0.6 is 0 Å². The van der Waals surface area contributed by atoms with Crippen molar-refractivity contribution >= 4 is 10.0 Å². The third-order valence-electron chi connectivity index (χ3n) is 3.59. The van der Waals surface area contributed by atoms with Crippen LogP contribution in [0.4, 0.5) is 4.39 Å². The molecular weight excluding hydrogens is 269 g/mol. The van der Waals surface area contributed by atoms with Crippen LogP contribution in [0, 0.1) is 5.82 Å². The average Bonchev–Trinajstić information content (AvgIpc) is 2.88. The van der Waals surface area contributed by atoms with Gasteiger partial charge in [-0.15, -0.1) is 0 Å². The number of hydrogen-bond donors (Lipinski definition) is 1. The second kappa shape index (κ2) is 5.56. The summed E-state index contributed by atoms with van der Waals surface area (Å²) in [6.07, 6.45) is 2.49. The molecular formula is C13H18FNO3S. The summed E-state index contributed by atoms with van der Waals surface area (Å²) in [6.45, 7) is 1.96. The van der Waals surface area contributed by atoms with Crippen LogP contribution in [0.1, 0.15) is 31.7 Å². The number of halogens is 1. The summed E-state index contributed by atoms with van der Waals surface area (Å²) < 4.78 is 39.8. The Morgan fingerprint density at radius 3 is 2.84 bits per heavy atom. The third kappa shape index (κ3) is 2.66. The van der Waals surface area contributed by atoms with E-state index in [1.807, 2.05) is 6.92 Å². The van der Waals surface area contributed by atoms with E-state index in [1.165, 1.54) is 16.4 Å². The molecule has 2 rings (SSSR count). The quantitative estimate of drug-likeness (QED) is 0.920. The topological polar surface area (TPSA) is 57.6 Å². The minimum atomic E-state index is -3.59. The second-order valence-electron chi connectivity index (χ2n) is 4.73. The van der Waals surface area contributed by atoms with Gasteiger partial charge in [-0.25, -0.2) is 12.8 Å². The molecule has 1 aromatic carbocycles. The minimum absolute atomic E-state index is 0.00770. The standard InChI is InChI=1S/C13H18FNO3S/c1-2-11-4-3-7-15(11)19(17,18)12-5-6-13(14)10(8-12)9-16/h5-6,8,11,16H,2-4,7,9H2,1H3.